The first-order valence-electron chi connectivity index (χ1n) is 30.8. The average Bonchev–Trinajstić information content (AvgIpc) is 1.59. The Hall–Kier alpha value is -12.5. The van der Waals surface area contributed by atoms with Crippen molar-refractivity contribution < 1.29 is 18.9 Å². The number of nitrogens with zero attached hydrogens (tertiary/aromatic N) is 2. The predicted octanol–water partition coefficient (Wildman–Crippen LogP) is 23.1. The van der Waals surface area contributed by atoms with Gasteiger partial charge in [-0.25, -0.2) is 9.97 Å². The summed E-state index contributed by atoms with van der Waals surface area (Å²) in [6.07, 6.45) is 0. The summed E-state index contributed by atoms with van der Waals surface area (Å²) in [6, 6.07) is 108. The van der Waals surface area contributed by atoms with Gasteiger partial charge in [0, 0.05) is 43.8 Å². The van der Waals surface area contributed by atoms with Gasteiger partial charge in [0.15, 0.2) is 23.0 Å². The van der Waals surface area contributed by atoms with E-state index in [0.717, 1.165) is 88.3 Å². The lowest BCUT2D eigenvalue weighted by Crippen LogP contribution is -1.91. The van der Waals surface area contributed by atoms with E-state index >= 15 is 0 Å². The van der Waals surface area contributed by atoms with Crippen LogP contribution in [0.5, 0.6) is 46.0 Å². The molecule has 1 aliphatic carbocycles. The molecule has 0 amide bonds. The van der Waals surface area contributed by atoms with Crippen LogP contribution in [0.1, 0.15) is 0 Å². The highest BCUT2D eigenvalue weighted by Crippen LogP contribution is 2.55. The van der Waals surface area contributed by atoms with Crippen LogP contribution in [0.15, 0.2) is 315 Å². The van der Waals surface area contributed by atoms with Crippen LogP contribution in [0.3, 0.4) is 0 Å². The second-order valence-corrected chi connectivity index (χ2v) is 22.9. The summed E-state index contributed by atoms with van der Waals surface area (Å²) in [4.78, 5) is 20.0. The fraction of sp³-hybridized carbons (Fsp3) is 0. The minimum absolute atomic E-state index is 0.482. The van der Waals surface area contributed by atoms with Crippen molar-refractivity contribution in [1.82, 2.24) is 19.9 Å². The van der Waals surface area contributed by atoms with Crippen LogP contribution >= 0.6 is 0 Å². The minimum atomic E-state index is 0.482. The van der Waals surface area contributed by atoms with Gasteiger partial charge in [-0.2, -0.15) is 0 Å². The Morgan fingerprint density at radius 3 is 0.728 bits per heavy atom. The molecule has 4 heterocycles. The van der Waals surface area contributed by atoms with Crippen molar-refractivity contribution in [3.05, 3.63) is 315 Å². The monoisotopic (exact) mass is 1180 g/mol. The molecule has 0 saturated carbocycles. The second-order valence-electron chi connectivity index (χ2n) is 22.9. The van der Waals surface area contributed by atoms with Crippen LogP contribution in [0.2, 0.25) is 0 Å². The maximum absolute atomic E-state index is 7.51. The zero-order valence-corrected chi connectivity index (χ0v) is 49.5. The van der Waals surface area contributed by atoms with Crippen LogP contribution < -0.4 is 18.9 Å². The SMILES string of the molecule is c1ccc(Oc2c3nc(c(Oc4ccccc4)c4[nH]c(c(Oc5ccccc5)c5nc(c(Oc6ccccc6)c6[nH]c2c2ccc(-c7ccccc7)cc62)-c2ccc(-c6ccccc6)cc2-5)c2ccc(-c5ccccc5)cc42)-c2ccc(-c4ccccc4)cc2-3)cc1. The fourth-order valence-corrected chi connectivity index (χ4v) is 12.8. The second kappa shape index (κ2) is 22.9. The Bertz CT molecular complexity index is 5130. The number of hydrogen-bond acceptors (Lipinski definition) is 6. The molecule has 0 fully saturated rings. The van der Waals surface area contributed by atoms with Gasteiger partial charge >= 0.3 is 0 Å². The molecule has 2 aromatic heterocycles. The van der Waals surface area contributed by atoms with E-state index in [1.54, 1.807) is 0 Å². The van der Waals surface area contributed by atoms with Gasteiger partial charge in [-0.15, -0.1) is 0 Å². The maximum atomic E-state index is 7.51. The number of para-hydroxylation sites is 4. The first-order chi connectivity index (χ1) is 45.6. The van der Waals surface area contributed by atoms with Gasteiger partial charge in [-0.3, -0.25) is 0 Å². The lowest BCUT2D eigenvalue weighted by atomic mass is 9.96. The van der Waals surface area contributed by atoms with E-state index in [1.165, 1.54) is 0 Å². The summed E-state index contributed by atoms with van der Waals surface area (Å²) in [5.74, 6) is 4.39. The maximum Gasteiger partial charge on any atom is 0.177 e. The van der Waals surface area contributed by atoms with Crippen LogP contribution in [0.25, 0.3) is 133 Å². The number of H-pyrrole nitrogens is 2. The van der Waals surface area contributed by atoms with E-state index in [9.17, 15) is 0 Å². The van der Waals surface area contributed by atoms with Gasteiger partial charge in [0.25, 0.3) is 0 Å². The van der Waals surface area contributed by atoms with Crippen molar-refractivity contribution in [2.24, 2.45) is 0 Å². The van der Waals surface area contributed by atoms with Crippen molar-refractivity contribution in [1.29, 1.82) is 0 Å². The van der Waals surface area contributed by atoms with Gasteiger partial charge in [0.05, 0.1) is 22.1 Å². The highest BCUT2D eigenvalue weighted by atomic mass is 16.5. The summed E-state index contributed by atoms with van der Waals surface area (Å²) < 4.78 is 30.0. The Morgan fingerprint density at radius 2 is 0.435 bits per heavy atom. The molecule has 0 saturated heterocycles. The van der Waals surface area contributed by atoms with E-state index in [2.05, 4.69) is 180 Å². The van der Waals surface area contributed by atoms with Crippen molar-refractivity contribution in [2.75, 3.05) is 0 Å². The molecule has 0 atom stereocenters. The fourth-order valence-electron chi connectivity index (χ4n) is 12.8. The number of nitrogens with one attached hydrogen (secondary N) is 2. The average molecular weight is 1180 g/mol. The Kier molecular flexibility index (Phi) is 13.4. The largest absolute Gasteiger partial charge is 0.453 e. The Morgan fingerprint density at radius 1 is 0.196 bits per heavy atom. The molecule has 3 aliphatic rings. The molecule has 434 valence electrons. The molecule has 0 unspecified atom stereocenters. The van der Waals surface area contributed by atoms with Gasteiger partial charge in [0.1, 0.15) is 45.8 Å². The molecule has 17 rings (SSSR count). The third-order valence-electron chi connectivity index (χ3n) is 17.2. The highest BCUT2D eigenvalue weighted by molar-refractivity contribution is 6.17. The summed E-state index contributed by atoms with van der Waals surface area (Å²) in [5, 5.41) is 3.45. The minimum Gasteiger partial charge on any atom is -0.453 e. The van der Waals surface area contributed by atoms with Crippen LogP contribution in [-0.4, -0.2) is 19.9 Å². The van der Waals surface area contributed by atoms with Crippen LogP contribution in [-0.2, 0) is 0 Å². The predicted molar refractivity (Wildman–Crippen MR) is 373 cm³/mol. The summed E-state index contributed by atoms with van der Waals surface area (Å²) in [7, 11) is 0. The Balaban J connectivity index is 1.14. The van der Waals surface area contributed by atoms with Gasteiger partial charge < -0.3 is 28.9 Å². The van der Waals surface area contributed by atoms with E-state index in [-0.39, 0.29) is 0 Å². The van der Waals surface area contributed by atoms with Crippen molar-refractivity contribution >= 4 is 43.6 Å². The number of aromatic nitrogens is 4. The normalized spacial score (nSPS) is 11.5. The van der Waals surface area contributed by atoms with E-state index in [1.807, 2.05) is 146 Å². The van der Waals surface area contributed by atoms with Crippen molar-refractivity contribution in [3.63, 3.8) is 0 Å². The summed E-state index contributed by atoms with van der Waals surface area (Å²) >= 11 is 0. The molecule has 8 bridgehead atoms. The molecular weight excluding hydrogens is 1130 g/mol. The number of rotatable bonds is 12. The Labute approximate surface area is 530 Å². The molecule has 2 aliphatic heterocycles. The molecular formula is C84H54N4O4. The number of hydrogen-bond donors (Lipinski definition) is 2. The quantitative estimate of drug-likeness (QED) is 0.127. The van der Waals surface area contributed by atoms with E-state index < -0.39 is 0 Å². The van der Waals surface area contributed by atoms with Gasteiger partial charge in [-0.1, -0.05) is 243 Å². The summed E-state index contributed by atoms with van der Waals surface area (Å²) in [5.41, 5.74) is 16.6. The highest BCUT2D eigenvalue weighted by Gasteiger charge is 2.32. The van der Waals surface area contributed by atoms with Crippen molar-refractivity contribution in [2.45, 2.75) is 0 Å². The molecule has 8 nitrogen and oxygen atoms in total. The van der Waals surface area contributed by atoms with E-state index in [0.29, 0.717) is 90.8 Å². The number of aromatic amines is 2. The molecule has 2 N–H and O–H groups in total. The summed E-state index contributed by atoms with van der Waals surface area (Å²) in [6.45, 7) is 0. The van der Waals surface area contributed by atoms with E-state index in [4.69, 9.17) is 28.9 Å². The standard InChI is InChI=1S/C84H54N4O4/c1-9-25-53(26-10-1)57-41-45-65-69(49-57)77-81(89-61-33-17-5-18-34-61)74-66-46-42-58(54-27-11-2-12-28-54)50-70(66)79(86-74)83(91-63-37-21-7-22-38-63)76-68-48-44-60(56-31-15-4-16-32-56)52-72(68)80(88-76)84(92-64-39-23-8-24-40-64)75-67-47-43-59(55-29-13-3-14-30-55)51-71(67)78(87-75)82(73(65)85-77)90-62-35-19-6-20-36-62/h1-52,85,88H. The van der Waals surface area contributed by atoms with Crippen LogP contribution in [0, 0.1) is 0 Å². The topological polar surface area (TPSA) is 94.3 Å². The molecule has 8 heteroatoms. The lowest BCUT2D eigenvalue weighted by molar-refractivity contribution is 0.484. The van der Waals surface area contributed by atoms with Gasteiger partial charge in [0.2, 0.25) is 0 Å². The molecule has 0 radical (unpaired) electrons. The zero-order valence-electron chi connectivity index (χ0n) is 49.5. The molecule has 0 spiro atoms. The van der Waals surface area contributed by atoms with Crippen molar-refractivity contribution in [3.8, 4) is 136 Å². The third-order valence-corrected chi connectivity index (χ3v) is 17.2. The smallest absolute Gasteiger partial charge is 0.177 e. The zero-order chi connectivity index (χ0) is 60.9. The molecule has 14 aromatic rings. The number of ether oxygens (including phenoxy) is 4. The molecule has 12 aromatic carbocycles. The first-order valence-corrected chi connectivity index (χ1v) is 30.8. The van der Waals surface area contributed by atoms with Gasteiger partial charge in [-0.05, 0) is 117 Å². The third kappa shape index (κ3) is 9.76. The van der Waals surface area contributed by atoms with Crippen LogP contribution in [0.4, 0.5) is 0 Å². The first kappa shape index (κ1) is 53.7. The molecule has 92 heavy (non-hydrogen) atoms. The number of benzene rings is 12. The lowest BCUT2D eigenvalue weighted by Gasteiger charge is -2.12.